The fourth-order valence-corrected chi connectivity index (χ4v) is 4.74. The molecule has 0 aliphatic carbocycles. The van der Waals surface area contributed by atoms with Crippen LogP contribution in [0, 0.1) is 0 Å². The number of methoxy groups -OCH3 is 1. The molecule has 0 saturated carbocycles. The Balaban J connectivity index is 1.83. The molecule has 0 spiro atoms. The molecule has 10 heteroatoms. The standard InChI is InChI=1S/C24H31N3O6S/c1-24(2)14-20(19-13-18(32-5)11-12-21(19)33-24)25-22(28)15-27(34(6,30)31)17-9-7-16(8-10-17)23(29)26(3)4/h7-13,20H,14-15H2,1-6H3,(H,25,28). The van der Waals surface area contributed by atoms with Crippen molar-refractivity contribution in [3.8, 4) is 11.5 Å². The Labute approximate surface area is 200 Å². The lowest BCUT2D eigenvalue weighted by Gasteiger charge is -2.38. The SMILES string of the molecule is COc1ccc2c(c1)C(NC(=O)CN(c1ccc(C(=O)N(C)C)cc1)S(C)(=O)=O)CC(C)(C)O2. The molecular weight excluding hydrogens is 458 g/mol. The molecule has 9 nitrogen and oxygen atoms in total. The predicted molar refractivity (Wildman–Crippen MR) is 130 cm³/mol. The average molecular weight is 490 g/mol. The van der Waals surface area contributed by atoms with Gasteiger partial charge in [-0.2, -0.15) is 0 Å². The maximum atomic E-state index is 13.0. The van der Waals surface area contributed by atoms with Crippen LogP contribution < -0.4 is 19.1 Å². The number of anilines is 1. The van der Waals surface area contributed by atoms with Gasteiger partial charge in [0.25, 0.3) is 5.91 Å². The number of nitrogens with zero attached hydrogens (tertiary/aromatic N) is 2. The van der Waals surface area contributed by atoms with E-state index in [-0.39, 0.29) is 11.9 Å². The minimum Gasteiger partial charge on any atom is -0.497 e. The van der Waals surface area contributed by atoms with Crippen LogP contribution in [0.5, 0.6) is 11.5 Å². The van der Waals surface area contributed by atoms with Crippen LogP contribution in [0.25, 0.3) is 0 Å². The number of fused-ring (bicyclic) bond motifs is 1. The minimum atomic E-state index is -3.76. The molecule has 34 heavy (non-hydrogen) atoms. The van der Waals surface area contributed by atoms with Crippen molar-refractivity contribution >= 4 is 27.5 Å². The third-order valence-electron chi connectivity index (χ3n) is 5.51. The first-order valence-electron chi connectivity index (χ1n) is 10.8. The van der Waals surface area contributed by atoms with Crippen LogP contribution in [0.2, 0.25) is 0 Å². The van der Waals surface area contributed by atoms with Gasteiger partial charge >= 0.3 is 0 Å². The van der Waals surface area contributed by atoms with Gasteiger partial charge in [-0.15, -0.1) is 0 Å². The van der Waals surface area contributed by atoms with Crippen molar-refractivity contribution in [1.82, 2.24) is 10.2 Å². The lowest BCUT2D eigenvalue weighted by molar-refractivity contribution is -0.120. The number of hydrogen-bond acceptors (Lipinski definition) is 6. The van der Waals surface area contributed by atoms with Crippen molar-refractivity contribution in [1.29, 1.82) is 0 Å². The molecule has 2 aromatic rings. The van der Waals surface area contributed by atoms with Crippen LogP contribution in [0.3, 0.4) is 0 Å². The van der Waals surface area contributed by atoms with E-state index in [2.05, 4.69) is 5.32 Å². The van der Waals surface area contributed by atoms with Crippen molar-refractivity contribution in [2.75, 3.05) is 38.3 Å². The fraction of sp³-hybridized carbons (Fsp3) is 0.417. The van der Waals surface area contributed by atoms with E-state index in [1.54, 1.807) is 33.3 Å². The average Bonchev–Trinajstić information content (AvgIpc) is 2.75. The Morgan fingerprint density at radius 3 is 2.35 bits per heavy atom. The molecule has 1 aliphatic heterocycles. The number of carbonyl (C=O) groups excluding carboxylic acids is 2. The number of amides is 2. The van der Waals surface area contributed by atoms with Gasteiger partial charge in [0.05, 0.1) is 25.1 Å². The zero-order valence-electron chi connectivity index (χ0n) is 20.3. The number of carbonyl (C=O) groups is 2. The van der Waals surface area contributed by atoms with Gasteiger partial charge in [-0.3, -0.25) is 13.9 Å². The Kier molecular flexibility index (Phi) is 7.11. The maximum Gasteiger partial charge on any atom is 0.253 e. The molecule has 0 saturated heterocycles. The maximum absolute atomic E-state index is 13.0. The molecule has 2 amide bonds. The highest BCUT2D eigenvalue weighted by molar-refractivity contribution is 7.92. The number of sulfonamides is 1. The third kappa shape index (κ3) is 5.80. The van der Waals surface area contributed by atoms with Crippen molar-refractivity contribution < 1.29 is 27.5 Å². The molecule has 0 radical (unpaired) electrons. The second kappa shape index (κ2) is 9.54. The summed E-state index contributed by atoms with van der Waals surface area (Å²) in [5.74, 6) is 0.608. The molecule has 3 rings (SSSR count). The highest BCUT2D eigenvalue weighted by atomic mass is 32.2. The zero-order chi connectivity index (χ0) is 25.3. The second-order valence-electron chi connectivity index (χ2n) is 9.11. The van der Waals surface area contributed by atoms with Gasteiger partial charge in [-0.25, -0.2) is 8.42 Å². The first-order chi connectivity index (χ1) is 15.8. The first kappa shape index (κ1) is 25.4. The van der Waals surface area contributed by atoms with Crippen LogP contribution >= 0.6 is 0 Å². The summed E-state index contributed by atoms with van der Waals surface area (Å²) in [7, 11) is 1.06. The molecule has 184 valence electrons. The normalized spacial score (nSPS) is 16.6. The van der Waals surface area contributed by atoms with Gasteiger partial charge in [0, 0.05) is 31.6 Å². The summed E-state index contributed by atoms with van der Waals surface area (Å²) in [5, 5.41) is 2.96. The van der Waals surface area contributed by atoms with E-state index in [1.165, 1.54) is 29.2 Å². The highest BCUT2D eigenvalue weighted by Gasteiger charge is 2.35. The Hall–Kier alpha value is -3.27. The van der Waals surface area contributed by atoms with Crippen LogP contribution in [0.4, 0.5) is 5.69 Å². The summed E-state index contributed by atoms with van der Waals surface area (Å²) in [4.78, 5) is 26.6. The van der Waals surface area contributed by atoms with Gasteiger partial charge in [0.2, 0.25) is 15.9 Å². The van der Waals surface area contributed by atoms with Crippen molar-refractivity contribution in [3.63, 3.8) is 0 Å². The van der Waals surface area contributed by atoms with Crippen molar-refractivity contribution in [3.05, 3.63) is 53.6 Å². The Morgan fingerprint density at radius 1 is 1.15 bits per heavy atom. The topological polar surface area (TPSA) is 105 Å². The second-order valence-corrected chi connectivity index (χ2v) is 11.0. The smallest absolute Gasteiger partial charge is 0.253 e. The lowest BCUT2D eigenvalue weighted by Crippen LogP contribution is -2.45. The fourth-order valence-electron chi connectivity index (χ4n) is 3.89. The van der Waals surface area contributed by atoms with Crippen LogP contribution in [0.1, 0.15) is 42.2 Å². The highest BCUT2D eigenvalue weighted by Crippen LogP contribution is 2.41. The number of hydrogen-bond donors (Lipinski definition) is 1. The largest absolute Gasteiger partial charge is 0.497 e. The van der Waals surface area contributed by atoms with Crippen molar-refractivity contribution in [2.24, 2.45) is 0 Å². The molecule has 1 heterocycles. The molecule has 1 N–H and O–H groups in total. The number of rotatable bonds is 7. The van der Waals surface area contributed by atoms with Gasteiger partial charge in [-0.1, -0.05) is 0 Å². The van der Waals surface area contributed by atoms with E-state index < -0.39 is 28.1 Å². The van der Waals surface area contributed by atoms with Gasteiger partial charge < -0.3 is 19.7 Å². The van der Waals surface area contributed by atoms with Crippen LogP contribution in [0.15, 0.2) is 42.5 Å². The molecule has 0 bridgehead atoms. The summed E-state index contributed by atoms with van der Waals surface area (Å²) in [6, 6.07) is 11.1. The quantitative estimate of drug-likeness (QED) is 0.641. The first-order valence-corrected chi connectivity index (χ1v) is 12.6. The summed E-state index contributed by atoms with van der Waals surface area (Å²) in [5.41, 5.74) is 0.957. The zero-order valence-corrected chi connectivity index (χ0v) is 21.1. The monoisotopic (exact) mass is 489 g/mol. The summed E-state index contributed by atoms with van der Waals surface area (Å²) < 4.78 is 37.4. The minimum absolute atomic E-state index is 0.202. The summed E-state index contributed by atoms with van der Waals surface area (Å²) >= 11 is 0. The van der Waals surface area contributed by atoms with Crippen molar-refractivity contribution in [2.45, 2.75) is 31.9 Å². The van der Waals surface area contributed by atoms with Gasteiger partial charge in [0.1, 0.15) is 23.6 Å². The van der Waals surface area contributed by atoms with E-state index >= 15 is 0 Å². The molecule has 0 fully saturated rings. The third-order valence-corrected chi connectivity index (χ3v) is 6.65. The Bertz CT molecular complexity index is 1180. The molecular formula is C24H31N3O6S. The van der Waals surface area contributed by atoms with E-state index in [9.17, 15) is 18.0 Å². The van der Waals surface area contributed by atoms with E-state index in [0.29, 0.717) is 29.2 Å². The molecule has 2 aromatic carbocycles. The number of benzene rings is 2. The molecule has 0 aromatic heterocycles. The van der Waals surface area contributed by atoms with Gasteiger partial charge in [-0.05, 0) is 56.3 Å². The van der Waals surface area contributed by atoms with Gasteiger partial charge in [0.15, 0.2) is 0 Å². The number of ether oxygens (including phenoxy) is 2. The Morgan fingerprint density at radius 2 is 1.79 bits per heavy atom. The molecule has 1 aliphatic rings. The summed E-state index contributed by atoms with van der Waals surface area (Å²) in [6.45, 7) is 3.45. The molecule has 1 unspecified atom stereocenters. The van der Waals surface area contributed by atoms with Crippen LogP contribution in [-0.4, -0.2) is 64.7 Å². The van der Waals surface area contributed by atoms with Crippen LogP contribution in [-0.2, 0) is 14.8 Å². The van der Waals surface area contributed by atoms with E-state index in [0.717, 1.165) is 16.1 Å². The van der Waals surface area contributed by atoms with E-state index in [1.807, 2.05) is 19.9 Å². The number of nitrogens with one attached hydrogen (secondary N) is 1. The summed E-state index contributed by atoms with van der Waals surface area (Å²) in [6.07, 6.45) is 1.54. The predicted octanol–water partition coefficient (Wildman–Crippen LogP) is 2.58. The molecule has 1 atom stereocenters. The lowest BCUT2D eigenvalue weighted by atomic mass is 9.89. The van der Waals surface area contributed by atoms with E-state index in [4.69, 9.17) is 9.47 Å².